The Morgan fingerprint density at radius 2 is 1.44 bits per heavy atom. The lowest BCUT2D eigenvalue weighted by Gasteiger charge is -2.16. The van der Waals surface area contributed by atoms with E-state index in [0.29, 0.717) is 10.6 Å². The number of amides is 1. The molecule has 226 valence electrons. The summed E-state index contributed by atoms with van der Waals surface area (Å²) < 4.78 is 5.86. The molecule has 8 heteroatoms. The van der Waals surface area contributed by atoms with Crippen molar-refractivity contribution in [1.82, 2.24) is 15.5 Å². The Morgan fingerprint density at radius 3 is 1.98 bits per heavy atom. The number of unbranched alkanes of at least 4 members (excludes halogenated alkanes) is 4. The Kier molecular flexibility index (Phi) is 11.1. The zero-order valence-corrected chi connectivity index (χ0v) is 26.2. The van der Waals surface area contributed by atoms with Gasteiger partial charge in [-0.2, -0.15) is 0 Å². The molecular weight excluding hydrogens is 558 g/mol. The van der Waals surface area contributed by atoms with Gasteiger partial charge in [0, 0.05) is 22.4 Å². The van der Waals surface area contributed by atoms with Crippen LogP contribution in [-0.4, -0.2) is 39.8 Å². The number of nitrogens with one attached hydrogen (secondary N) is 1. The van der Waals surface area contributed by atoms with Crippen molar-refractivity contribution in [2.75, 3.05) is 6.61 Å². The molecule has 0 radical (unpaired) electrons. The molecule has 2 heterocycles. The average molecular weight is 600 g/mol. The summed E-state index contributed by atoms with van der Waals surface area (Å²) in [4.78, 5) is 26.3. The van der Waals surface area contributed by atoms with Gasteiger partial charge in [0.15, 0.2) is 0 Å². The summed E-state index contributed by atoms with van der Waals surface area (Å²) in [5, 5.41) is 21.3. The highest BCUT2D eigenvalue weighted by atomic mass is 32.1. The SMILES string of the molecule is CCCCCCCOc1ccc(-c2ccc(-c3ccc(C[C@H](NC(=O)c4ccc(C(C)(C)C)s4)C(=O)O)cc3)nn2)cc1. The number of carboxylic acids is 1. The maximum atomic E-state index is 12.8. The van der Waals surface area contributed by atoms with Gasteiger partial charge in [-0.15, -0.1) is 21.5 Å². The lowest BCUT2D eigenvalue weighted by molar-refractivity contribution is -0.139. The third-order valence-electron chi connectivity index (χ3n) is 7.19. The normalized spacial score (nSPS) is 12.1. The molecule has 4 rings (SSSR count). The molecule has 2 aromatic heterocycles. The van der Waals surface area contributed by atoms with Crippen LogP contribution in [0.5, 0.6) is 5.75 Å². The van der Waals surface area contributed by atoms with Crippen molar-refractivity contribution < 1.29 is 19.4 Å². The molecule has 0 spiro atoms. The topological polar surface area (TPSA) is 101 Å². The Hall–Kier alpha value is -4.04. The van der Waals surface area contributed by atoms with Gasteiger partial charge in [-0.3, -0.25) is 4.79 Å². The molecule has 4 aromatic rings. The number of benzene rings is 2. The Labute approximate surface area is 258 Å². The molecule has 2 N–H and O–H groups in total. The minimum atomic E-state index is -1.08. The number of aliphatic carboxylic acids is 1. The van der Waals surface area contributed by atoms with Gasteiger partial charge >= 0.3 is 5.97 Å². The van der Waals surface area contributed by atoms with Crippen LogP contribution in [0.3, 0.4) is 0 Å². The molecule has 2 aromatic carbocycles. The smallest absolute Gasteiger partial charge is 0.326 e. The molecule has 0 aliphatic heterocycles. The monoisotopic (exact) mass is 599 g/mol. The van der Waals surface area contributed by atoms with E-state index in [0.717, 1.165) is 46.0 Å². The van der Waals surface area contributed by atoms with Crippen LogP contribution < -0.4 is 10.1 Å². The number of carbonyl (C=O) groups is 2. The van der Waals surface area contributed by atoms with Crippen LogP contribution in [0.2, 0.25) is 0 Å². The maximum absolute atomic E-state index is 12.8. The average Bonchev–Trinajstić information content (AvgIpc) is 3.51. The van der Waals surface area contributed by atoms with Crippen LogP contribution in [0.4, 0.5) is 0 Å². The van der Waals surface area contributed by atoms with Crippen molar-refractivity contribution in [3.63, 3.8) is 0 Å². The van der Waals surface area contributed by atoms with Crippen molar-refractivity contribution in [2.24, 2.45) is 0 Å². The van der Waals surface area contributed by atoms with E-state index in [1.807, 2.05) is 66.7 Å². The molecule has 0 saturated carbocycles. The zero-order chi connectivity index (χ0) is 30.8. The molecule has 1 atom stereocenters. The van der Waals surface area contributed by atoms with Gasteiger partial charge < -0.3 is 15.2 Å². The lowest BCUT2D eigenvalue weighted by Crippen LogP contribution is -2.42. The van der Waals surface area contributed by atoms with Gasteiger partial charge in [0.25, 0.3) is 5.91 Å². The largest absolute Gasteiger partial charge is 0.494 e. The molecular formula is C35H41N3O4S. The highest BCUT2D eigenvalue weighted by molar-refractivity contribution is 7.14. The fourth-order valence-corrected chi connectivity index (χ4v) is 5.56. The summed E-state index contributed by atoms with van der Waals surface area (Å²) in [7, 11) is 0. The number of hydrogen-bond donors (Lipinski definition) is 2. The molecule has 1 amide bonds. The molecule has 0 aliphatic carbocycles. The highest BCUT2D eigenvalue weighted by Crippen LogP contribution is 2.29. The molecule has 0 fully saturated rings. The molecule has 43 heavy (non-hydrogen) atoms. The first kappa shape index (κ1) is 31.9. The number of ether oxygens (including phenoxy) is 1. The Balaban J connectivity index is 1.32. The van der Waals surface area contributed by atoms with Gasteiger partial charge in [0.05, 0.1) is 22.9 Å². The van der Waals surface area contributed by atoms with Crippen molar-refractivity contribution in [2.45, 2.75) is 77.7 Å². The van der Waals surface area contributed by atoms with Crippen LogP contribution in [0.25, 0.3) is 22.5 Å². The fourth-order valence-electron chi connectivity index (χ4n) is 4.60. The summed E-state index contributed by atoms with van der Waals surface area (Å²) in [5.41, 5.74) is 4.04. The van der Waals surface area contributed by atoms with E-state index in [1.54, 1.807) is 6.07 Å². The molecule has 0 unspecified atom stereocenters. The zero-order valence-electron chi connectivity index (χ0n) is 25.4. The van der Waals surface area contributed by atoms with Crippen molar-refractivity contribution in [3.8, 4) is 28.3 Å². The highest BCUT2D eigenvalue weighted by Gasteiger charge is 2.24. The number of aromatic nitrogens is 2. The number of hydrogen-bond acceptors (Lipinski definition) is 6. The minimum Gasteiger partial charge on any atom is -0.494 e. The predicted octanol–water partition coefficient (Wildman–Crippen LogP) is 7.94. The van der Waals surface area contributed by atoms with Gasteiger partial charge in [0.2, 0.25) is 0 Å². The van der Waals surface area contributed by atoms with E-state index >= 15 is 0 Å². The number of rotatable bonds is 14. The standard InChI is InChI=1S/C35H41N3O4S/c1-5-6-7-8-9-22-42-27-16-14-26(15-17-27)29-19-18-28(37-38-29)25-12-10-24(11-13-25)23-30(34(40)41)36-33(39)31-20-21-32(43-31)35(2,3)4/h10-21,30H,5-9,22-23H2,1-4H3,(H,36,39)(H,40,41)/t30-/m0/s1. The molecule has 0 bridgehead atoms. The Morgan fingerprint density at radius 1 is 0.837 bits per heavy atom. The first-order chi connectivity index (χ1) is 20.6. The lowest BCUT2D eigenvalue weighted by atomic mass is 9.95. The van der Waals surface area contributed by atoms with Gasteiger partial charge in [0.1, 0.15) is 11.8 Å². The summed E-state index contributed by atoms with van der Waals surface area (Å²) in [6, 6.07) is 21.9. The van der Waals surface area contributed by atoms with E-state index in [1.165, 1.54) is 37.0 Å². The second-order valence-corrected chi connectivity index (χ2v) is 12.9. The number of carbonyl (C=O) groups excluding carboxylic acids is 1. The number of nitrogens with zero attached hydrogens (tertiary/aromatic N) is 2. The summed E-state index contributed by atoms with van der Waals surface area (Å²) in [5.74, 6) is -0.594. The van der Waals surface area contributed by atoms with Gasteiger partial charge in [-0.25, -0.2) is 4.79 Å². The fraction of sp³-hybridized carbons (Fsp3) is 0.371. The van der Waals surface area contributed by atoms with E-state index < -0.39 is 12.0 Å². The third kappa shape index (κ3) is 9.22. The second-order valence-electron chi connectivity index (χ2n) is 11.8. The minimum absolute atomic E-state index is 0.0738. The molecule has 0 aliphatic rings. The molecule has 0 saturated heterocycles. The van der Waals surface area contributed by atoms with Gasteiger partial charge in [-0.05, 0) is 65.9 Å². The first-order valence-corrected chi connectivity index (χ1v) is 15.8. The Bertz CT molecular complexity index is 1470. The van der Waals surface area contributed by atoms with Crippen LogP contribution in [0, 0.1) is 0 Å². The number of carboxylic acid groups (broad SMARTS) is 1. The van der Waals surface area contributed by atoms with E-state index in [-0.39, 0.29) is 17.7 Å². The van der Waals surface area contributed by atoms with Crippen LogP contribution in [0.15, 0.2) is 72.8 Å². The predicted molar refractivity (Wildman–Crippen MR) is 173 cm³/mol. The van der Waals surface area contributed by atoms with Crippen LogP contribution >= 0.6 is 11.3 Å². The van der Waals surface area contributed by atoms with Crippen molar-refractivity contribution in [3.05, 3.63) is 88.1 Å². The summed E-state index contributed by atoms with van der Waals surface area (Å²) >= 11 is 1.39. The second kappa shape index (κ2) is 14.9. The number of thiophene rings is 1. The quantitative estimate of drug-likeness (QED) is 0.143. The van der Waals surface area contributed by atoms with Gasteiger partial charge in [-0.1, -0.05) is 77.6 Å². The van der Waals surface area contributed by atoms with Crippen molar-refractivity contribution in [1.29, 1.82) is 0 Å². The van der Waals surface area contributed by atoms with E-state index in [9.17, 15) is 14.7 Å². The summed E-state index contributed by atoms with van der Waals surface area (Å²) in [6.07, 6.45) is 6.22. The third-order valence-corrected chi connectivity index (χ3v) is 8.70. The van der Waals surface area contributed by atoms with Crippen LogP contribution in [0.1, 0.15) is 79.9 Å². The van der Waals surface area contributed by atoms with E-state index in [4.69, 9.17) is 4.74 Å². The molecule has 7 nitrogen and oxygen atoms in total. The summed E-state index contributed by atoms with van der Waals surface area (Å²) in [6.45, 7) is 9.19. The van der Waals surface area contributed by atoms with Crippen LogP contribution in [-0.2, 0) is 16.6 Å². The van der Waals surface area contributed by atoms with Crippen molar-refractivity contribution >= 4 is 23.2 Å². The first-order valence-electron chi connectivity index (χ1n) is 14.9. The maximum Gasteiger partial charge on any atom is 0.326 e. The van der Waals surface area contributed by atoms with E-state index in [2.05, 4.69) is 43.2 Å².